The minimum absolute atomic E-state index is 0.0548. The number of nitrogens with zero attached hydrogens (tertiary/aromatic N) is 3. The van der Waals surface area contributed by atoms with E-state index >= 15 is 0 Å². The molecule has 1 saturated heterocycles. The number of piperidine rings is 1. The van der Waals surface area contributed by atoms with E-state index in [1.54, 1.807) is 17.2 Å². The van der Waals surface area contributed by atoms with Crippen molar-refractivity contribution in [3.05, 3.63) is 77.4 Å². The molecule has 1 aliphatic rings. The third kappa shape index (κ3) is 4.56. The second kappa shape index (κ2) is 8.90. The molecule has 0 spiro atoms. The Morgan fingerprint density at radius 1 is 1.13 bits per heavy atom. The lowest BCUT2D eigenvalue weighted by molar-refractivity contribution is 0.0641. The summed E-state index contributed by atoms with van der Waals surface area (Å²) in [6.07, 6.45) is 2.93. The minimum Gasteiger partial charge on any atom is -0.484 e. The Labute approximate surface area is 174 Å². The number of aromatic nitrogens is 2. The molecule has 0 radical (unpaired) electrons. The van der Waals surface area contributed by atoms with Crippen molar-refractivity contribution in [2.75, 3.05) is 13.1 Å². The van der Waals surface area contributed by atoms with Gasteiger partial charge in [0.25, 0.3) is 5.91 Å². The highest BCUT2D eigenvalue weighted by atomic mass is 16.5. The summed E-state index contributed by atoms with van der Waals surface area (Å²) in [5, 5.41) is 3.89. The molecule has 0 bridgehead atoms. The van der Waals surface area contributed by atoms with E-state index in [0.29, 0.717) is 37.4 Å². The standard InChI is InChI=1S/C23H23N3O4/c1-16-7-8-19(14-24-16)29-15-20-13-21(25-30-20)23(28)26-11-9-18(10-12-26)22(27)17-5-3-2-4-6-17/h2-8,13-14,18H,9-12,15H2,1H3. The van der Waals surface area contributed by atoms with E-state index in [4.69, 9.17) is 9.26 Å². The highest BCUT2D eigenvalue weighted by Crippen LogP contribution is 2.23. The zero-order valence-electron chi connectivity index (χ0n) is 16.8. The first-order chi connectivity index (χ1) is 14.6. The van der Waals surface area contributed by atoms with Crippen LogP contribution in [-0.2, 0) is 6.61 Å². The number of pyridine rings is 1. The normalized spacial score (nSPS) is 14.5. The number of rotatable bonds is 6. The maximum atomic E-state index is 12.7. The summed E-state index contributed by atoms with van der Waals surface area (Å²) in [6.45, 7) is 3.11. The van der Waals surface area contributed by atoms with Crippen LogP contribution in [0.1, 0.15) is 45.1 Å². The average Bonchev–Trinajstić information content (AvgIpc) is 3.27. The van der Waals surface area contributed by atoms with Crippen LogP contribution >= 0.6 is 0 Å². The van der Waals surface area contributed by atoms with Gasteiger partial charge in [0.1, 0.15) is 12.4 Å². The number of Topliss-reactive ketones (excluding diaryl/α,β-unsaturated/α-hetero) is 1. The van der Waals surface area contributed by atoms with Crippen molar-refractivity contribution in [3.8, 4) is 5.75 Å². The molecule has 30 heavy (non-hydrogen) atoms. The Hall–Kier alpha value is -3.48. The van der Waals surface area contributed by atoms with Gasteiger partial charge in [0, 0.05) is 36.3 Å². The van der Waals surface area contributed by atoms with Crippen molar-refractivity contribution in [2.45, 2.75) is 26.4 Å². The topological polar surface area (TPSA) is 85.5 Å². The summed E-state index contributed by atoms with van der Waals surface area (Å²) in [5.41, 5.74) is 1.89. The van der Waals surface area contributed by atoms with E-state index in [0.717, 1.165) is 11.3 Å². The predicted molar refractivity (Wildman–Crippen MR) is 109 cm³/mol. The van der Waals surface area contributed by atoms with Crippen molar-refractivity contribution < 1.29 is 18.8 Å². The quantitative estimate of drug-likeness (QED) is 0.582. The van der Waals surface area contributed by atoms with Gasteiger partial charge in [-0.05, 0) is 31.9 Å². The summed E-state index contributed by atoms with van der Waals surface area (Å²) in [4.78, 5) is 31.2. The highest BCUT2D eigenvalue weighted by molar-refractivity contribution is 5.98. The fraction of sp³-hybridized carbons (Fsp3) is 0.304. The molecule has 7 heteroatoms. The van der Waals surface area contributed by atoms with Crippen LogP contribution in [0.4, 0.5) is 0 Å². The fourth-order valence-corrected chi connectivity index (χ4v) is 3.52. The molecule has 0 saturated carbocycles. The molecule has 2 aromatic heterocycles. The smallest absolute Gasteiger partial charge is 0.276 e. The monoisotopic (exact) mass is 405 g/mol. The average molecular weight is 405 g/mol. The molecule has 3 aromatic rings. The van der Waals surface area contributed by atoms with Gasteiger partial charge in [-0.15, -0.1) is 0 Å². The first kappa shape index (κ1) is 19.8. The van der Waals surface area contributed by atoms with Crippen LogP contribution in [0.3, 0.4) is 0 Å². The third-order valence-corrected chi connectivity index (χ3v) is 5.25. The molecule has 0 aliphatic carbocycles. The molecule has 1 aromatic carbocycles. The van der Waals surface area contributed by atoms with Gasteiger partial charge >= 0.3 is 0 Å². The van der Waals surface area contributed by atoms with Gasteiger partial charge in [-0.1, -0.05) is 35.5 Å². The zero-order valence-corrected chi connectivity index (χ0v) is 16.8. The van der Waals surface area contributed by atoms with Gasteiger partial charge < -0.3 is 14.2 Å². The van der Waals surface area contributed by atoms with E-state index in [9.17, 15) is 9.59 Å². The van der Waals surface area contributed by atoms with Crippen LogP contribution in [-0.4, -0.2) is 39.8 Å². The molecule has 0 atom stereocenters. The highest BCUT2D eigenvalue weighted by Gasteiger charge is 2.29. The zero-order chi connectivity index (χ0) is 20.9. The summed E-state index contributed by atoms with van der Waals surface area (Å²) in [6, 6.07) is 14.6. The lowest BCUT2D eigenvalue weighted by atomic mass is 9.89. The van der Waals surface area contributed by atoms with Crippen LogP contribution in [0.25, 0.3) is 0 Å². The predicted octanol–water partition coefficient (Wildman–Crippen LogP) is 3.69. The molecule has 4 rings (SSSR count). The van der Waals surface area contributed by atoms with E-state index in [1.165, 1.54) is 0 Å². The molecule has 1 fully saturated rings. The van der Waals surface area contributed by atoms with Crippen molar-refractivity contribution in [1.29, 1.82) is 0 Å². The van der Waals surface area contributed by atoms with Gasteiger partial charge in [-0.25, -0.2) is 0 Å². The Kier molecular flexibility index (Phi) is 5.88. The molecular formula is C23H23N3O4. The van der Waals surface area contributed by atoms with Gasteiger partial charge in [-0.2, -0.15) is 0 Å². The lowest BCUT2D eigenvalue weighted by Crippen LogP contribution is -2.40. The molecule has 3 heterocycles. The summed E-state index contributed by atoms with van der Waals surface area (Å²) in [7, 11) is 0. The van der Waals surface area contributed by atoms with Crippen molar-refractivity contribution >= 4 is 11.7 Å². The first-order valence-corrected chi connectivity index (χ1v) is 10.00. The van der Waals surface area contributed by atoms with Gasteiger partial charge in [-0.3, -0.25) is 14.6 Å². The Bertz CT molecular complexity index is 1010. The number of ketones is 1. The molecular weight excluding hydrogens is 382 g/mol. The number of carbonyl (C=O) groups is 2. The van der Waals surface area contributed by atoms with E-state index < -0.39 is 0 Å². The van der Waals surface area contributed by atoms with Gasteiger partial charge in [0.15, 0.2) is 17.2 Å². The number of hydrogen-bond donors (Lipinski definition) is 0. The number of amides is 1. The van der Waals surface area contributed by atoms with E-state index in [-0.39, 0.29) is 29.9 Å². The van der Waals surface area contributed by atoms with Crippen LogP contribution < -0.4 is 4.74 Å². The Morgan fingerprint density at radius 2 is 1.90 bits per heavy atom. The third-order valence-electron chi connectivity index (χ3n) is 5.25. The maximum Gasteiger partial charge on any atom is 0.276 e. The van der Waals surface area contributed by atoms with E-state index in [2.05, 4.69) is 10.1 Å². The number of hydrogen-bond acceptors (Lipinski definition) is 6. The molecule has 0 unspecified atom stereocenters. The lowest BCUT2D eigenvalue weighted by Gasteiger charge is -2.30. The minimum atomic E-state index is -0.187. The number of aryl methyl sites for hydroxylation is 1. The van der Waals surface area contributed by atoms with E-state index in [1.807, 2.05) is 49.4 Å². The first-order valence-electron chi connectivity index (χ1n) is 10.00. The molecule has 1 aliphatic heterocycles. The molecule has 1 amide bonds. The summed E-state index contributed by atoms with van der Waals surface area (Å²) < 4.78 is 10.9. The van der Waals surface area contributed by atoms with Crippen molar-refractivity contribution in [2.24, 2.45) is 5.92 Å². The van der Waals surface area contributed by atoms with Crippen LogP contribution in [0.15, 0.2) is 59.3 Å². The number of likely N-dealkylation sites (tertiary alicyclic amines) is 1. The summed E-state index contributed by atoms with van der Waals surface area (Å²) >= 11 is 0. The Balaban J connectivity index is 1.30. The van der Waals surface area contributed by atoms with Crippen molar-refractivity contribution in [1.82, 2.24) is 15.0 Å². The van der Waals surface area contributed by atoms with Crippen LogP contribution in [0.5, 0.6) is 5.75 Å². The number of benzene rings is 1. The number of carbonyl (C=O) groups excluding carboxylic acids is 2. The second-order valence-electron chi connectivity index (χ2n) is 7.40. The molecule has 7 nitrogen and oxygen atoms in total. The maximum absolute atomic E-state index is 12.7. The molecule has 154 valence electrons. The van der Waals surface area contributed by atoms with Gasteiger partial charge in [0.05, 0.1) is 6.20 Å². The Morgan fingerprint density at radius 3 is 2.60 bits per heavy atom. The van der Waals surface area contributed by atoms with Crippen LogP contribution in [0.2, 0.25) is 0 Å². The van der Waals surface area contributed by atoms with Crippen molar-refractivity contribution in [3.63, 3.8) is 0 Å². The van der Waals surface area contributed by atoms with Crippen LogP contribution in [0, 0.1) is 12.8 Å². The van der Waals surface area contributed by atoms with Gasteiger partial charge in [0.2, 0.25) is 0 Å². The SMILES string of the molecule is Cc1ccc(OCc2cc(C(=O)N3CCC(C(=O)c4ccccc4)CC3)no2)cn1. The molecule has 0 N–H and O–H groups in total. The summed E-state index contributed by atoms with van der Waals surface area (Å²) in [5.74, 6) is 0.991. The number of ether oxygens (including phenoxy) is 1. The fourth-order valence-electron chi connectivity index (χ4n) is 3.52. The largest absolute Gasteiger partial charge is 0.484 e. The second-order valence-corrected chi connectivity index (χ2v) is 7.40.